The number of fused-ring (bicyclic) bond motifs is 1. The molecule has 78 valence electrons. The maximum atomic E-state index is 13.1. The van der Waals surface area contributed by atoms with Crippen LogP contribution in [0.5, 0.6) is 0 Å². The van der Waals surface area contributed by atoms with E-state index in [9.17, 15) is 9.18 Å². The van der Waals surface area contributed by atoms with E-state index in [-0.39, 0.29) is 17.3 Å². The van der Waals surface area contributed by atoms with Crippen molar-refractivity contribution in [3.63, 3.8) is 0 Å². The number of aromatic nitrogens is 1. The first-order chi connectivity index (χ1) is 7.08. The molecule has 2 aromatic rings. The summed E-state index contributed by atoms with van der Waals surface area (Å²) in [5, 5.41) is 1.56. The van der Waals surface area contributed by atoms with Crippen LogP contribution in [0.4, 0.5) is 4.39 Å². The van der Waals surface area contributed by atoms with Gasteiger partial charge >= 0.3 is 0 Å². The van der Waals surface area contributed by atoms with Gasteiger partial charge in [-0.25, -0.2) is 4.39 Å². The number of benzene rings is 1. The molecule has 3 heteroatoms. The van der Waals surface area contributed by atoms with Crippen molar-refractivity contribution in [1.29, 1.82) is 0 Å². The molecule has 1 aromatic carbocycles. The molecule has 1 N–H and O–H groups in total. The molecule has 0 atom stereocenters. The van der Waals surface area contributed by atoms with Crippen LogP contribution in [0.2, 0.25) is 0 Å². The highest BCUT2D eigenvalue weighted by Crippen LogP contribution is 2.22. The number of halogens is 1. The van der Waals surface area contributed by atoms with Crippen LogP contribution < -0.4 is 5.56 Å². The van der Waals surface area contributed by atoms with Crippen molar-refractivity contribution < 1.29 is 4.39 Å². The third-order valence-electron chi connectivity index (χ3n) is 2.43. The fourth-order valence-corrected chi connectivity index (χ4v) is 1.72. The van der Waals surface area contributed by atoms with Gasteiger partial charge in [-0.2, -0.15) is 0 Å². The van der Waals surface area contributed by atoms with Crippen LogP contribution in [0.3, 0.4) is 0 Å². The van der Waals surface area contributed by atoms with E-state index in [1.807, 2.05) is 13.8 Å². The van der Waals surface area contributed by atoms with E-state index in [2.05, 4.69) is 4.98 Å². The highest BCUT2D eigenvalue weighted by atomic mass is 19.1. The molecule has 0 unspecified atom stereocenters. The molecule has 1 heterocycles. The lowest BCUT2D eigenvalue weighted by Gasteiger charge is -2.09. The quantitative estimate of drug-likeness (QED) is 0.762. The zero-order chi connectivity index (χ0) is 11.0. The fraction of sp³-hybridized carbons (Fsp3) is 0.250. The topological polar surface area (TPSA) is 32.9 Å². The van der Waals surface area contributed by atoms with Crippen molar-refractivity contribution in [3.05, 3.63) is 46.1 Å². The number of nitrogens with one attached hydrogen (secondary N) is 1. The summed E-state index contributed by atoms with van der Waals surface area (Å²) in [5.74, 6) is -0.111. The maximum absolute atomic E-state index is 13.1. The SMILES string of the molecule is CC(C)c1[nH]c(=O)cc2ccc(F)cc12. The predicted octanol–water partition coefficient (Wildman–Crippen LogP) is 2.79. The molecule has 2 rings (SSSR count). The van der Waals surface area contributed by atoms with Gasteiger partial charge in [-0.3, -0.25) is 4.79 Å². The normalized spacial score (nSPS) is 11.2. The minimum Gasteiger partial charge on any atom is -0.325 e. The Morgan fingerprint density at radius 1 is 1.27 bits per heavy atom. The molecule has 0 saturated heterocycles. The van der Waals surface area contributed by atoms with Gasteiger partial charge in [0.25, 0.3) is 0 Å². The van der Waals surface area contributed by atoms with Gasteiger partial charge in [0.2, 0.25) is 5.56 Å². The Morgan fingerprint density at radius 3 is 2.67 bits per heavy atom. The first-order valence-corrected chi connectivity index (χ1v) is 4.90. The van der Waals surface area contributed by atoms with Crippen LogP contribution in [0.1, 0.15) is 25.5 Å². The average Bonchev–Trinajstić information content (AvgIpc) is 2.17. The van der Waals surface area contributed by atoms with Crippen LogP contribution in [0.15, 0.2) is 29.1 Å². The molecule has 0 aliphatic heterocycles. The number of pyridine rings is 1. The summed E-state index contributed by atoms with van der Waals surface area (Å²) in [4.78, 5) is 14.1. The third kappa shape index (κ3) is 1.77. The fourth-order valence-electron chi connectivity index (χ4n) is 1.72. The number of H-pyrrole nitrogens is 1. The lowest BCUT2D eigenvalue weighted by atomic mass is 10.0. The molecule has 0 saturated carbocycles. The summed E-state index contributed by atoms with van der Waals surface area (Å²) in [5.41, 5.74) is 0.648. The van der Waals surface area contributed by atoms with Gasteiger partial charge in [-0.05, 0) is 23.4 Å². The van der Waals surface area contributed by atoms with Gasteiger partial charge in [-0.1, -0.05) is 19.9 Å². The molecule has 2 nitrogen and oxygen atoms in total. The Morgan fingerprint density at radius 2 is 2.00 bits per heavy atom. The smallest absolute Gasteiger partial charge is 0.248 e. The lowest BCUT2D eigenvalue weighted by molar-refractivity contribution is 0.629. The summed E-state index contributed by atoms with van der Waals surface area (Å²) in [6, 6.07) is 5.94. The van der Waals surface area contributed by atoms with Gasteiger partial charge < -0.3 is 4.98 Å². The van der Waals surface area contributed by atoms with E-state index >= 15 is 0 Å². The molecule has 0 aliphatic carbocycles. The summed E-state index contributed by atoms with van der Waals surface area (Å²) >= 11 is 0. The van der Waals surface area contributed by atoms with E-state index in [0.29, 0.717) is 0 Å². The van der Waals surface area contributed by atoms with Crippen LogP contribution in [0, 0.1) is 5.82 Å². The van der Waals surface area contributed by atoms with E-state index in [1.165, 1.54) is 18.2 Å². The zero-order valence-corrected chi connectivity index (χ0v) is 8.67. The van der Waals surface area contributed by atoms with Crippen molar-refractivity contribution in [1.82, 2.24) is 4.98 Å². The van der Waals surface area contributed by atoms with Crippen LogP contribution in [-0.4, -0.2) is 4.98 Å². The number of hydrogen-bond acceptors (Lipinski definition) is 1. The first kappa shape index (κ1) is 9.90. The van der Waals surface area contributed by atoms with Crippen molar-refractivity contribution in [2.24, 2.45) is 0 Å². The molecule has 0 amide bonds. The number of aromatic amines is 1. The zero-order valence-electron chi connectivity index (χ0n) is 8.67. The molecule has 0 fully saturated rings. The van der Waals surface area contributed by atoms with Gasteiger partial charge in [0.1, 0.15) is 5.82 Å². The van der Waals surface area contributed by atoms with Crippen molar-refractivity contribution in [2.45, 2.75) is 19.8 Å². The molecule has 0 radical (unpaired) electrons. The van der Waals surface area contributed by atoms with Crippen molar-refractivity contribution >= 4 is 10.8 Å². The first-order valence-electron chi connectivity index (χ1n) is 4.90. The van der Waals surface area contributed by atoms with E-state index < -0.39 is 0 Å². The highest BCUT2D eigenvalue weighted by Gasteiger charge is 2.07. The van der Waals surface area contributed by atoms with Gasteiger partial charge in [0, 0.05) is 17.1 Å². The standard InChI is InChI=1S/C12H12FNO/c1-7(2)12-10-6-9(13)4-3-8(10)5-11(15)14-12/h3-7H,1-2H3,(H,14,15). The minimum atomic E-state index is -0.281. The maximum Gasteiger partial charge on any atom is 0.248 e. The average molecular weight is 205 g/mol. The molecule has 1 aromatic heterocycles. The molecule has 0 bridgehead atoms. The number of hydrogen-bond donors (Lipinski definition) is 1. The molecular weight excluding hydrogens is 193 g/mol. The van der Waals surface area contributed by atoms with Crippen LogP contribution in [0.25, 0.3) is 10.8 Å². The van der Waals surface area contributed by atoms with Crippen LogP contribution in [-0.2, 0) is 0 Å². The lowest BCUT2D eigenvalue weighted by Crippen LogP contribution is -2.09. The van der Waals surface area contributed by atoms with Crippen LogP contribution >= 0.6 is 0 Å². The molecule has 0 aliphatic rings. The Kier molecular flexibility index (Phi) is 2.31. The van der Waals surface area contributed by atoms with E-state index in [4.69, 9.17) is 0 Å². The Labute approximate surface area is 86.8 Å². The largest absolute Gasteiger partial charge is 0.325 e. The monoisotopic (exact) mass is 205 g/mol. The Bertz CT molecular complexity index is 557. The second-order valence-electron chi connectivity index (χ2n) is 3.93. The number of rotatable bonds is 1. The predicted molar refractivity (Wildman–Crippen MR) is 58.6 cm³/mol. The van der Waals surface area contributed by atoms with Crippen molar-refractivity contribution in [2.75, 3.05) is 0 Å². The third-order valence-corrected chi connectivity index (χ3v) is 2.43. The summed E-state index contributed by atoms with van der Waals surface area (Å²) in [7, 11) is 0. The molecular formula is C12H12FNO. The van der Waals surface area contributed by atoms with Gasteiger partial charge in [0.15, 0.2) is 0 Å². The van der Waals surface area contributed by atoms with Gasteiger partial charge in [-0.15, -0.1) is 0 Å². The highest BCUT2D eigenvalue weighted by molar-refractivity contribution is 5.84. The summed E-state index contributed by atoms with van der Waals surface area (Å²) in [6.45, 7) is 3.94. The molecule has 15 heavy (non-hydrogen) atoms. The minimum absolute atomic E-state index is 0.141. The van der Waals surface area contributed by atoms with E-state index in [1.54, 1.807) is 6.07 Å². The van der Waals surface area contributed by atoms with Gasteiger partial charge in [0.05, 0.1) is 0 Å². The van der Waals surface area contributed by atoms with E-state index in [0.717, 1.165) is 16.5 Å². The summed E-state index contributed by atoms with van der Waals surface area (Å²) in [6.07, 6.45) is 0. The second-order valence-corrected chi connectivity index (χ2v) is 3.93. The molecule has 0 spiro atoms. The Balaban J connectivity index is 2.88. The Hall–Kier alpha value is -1.64. The second kappa shape index (κ2) is 3.50. The van der Waals surface area contributed by atoms with Crippen molar-refractivity contribution in [3.8, 4) is 0 Å². The summed E-state index contributed by atoms with van der Waals surface area (Å²) < 4.78 is 13.1.